The standard InChI is InChI=1S/C22H35N5O3/c1-7-23-22(26(4)14-18-15-27(5)25-21(18)16(2)3)24-13-17-8-9-19(30-11-10-28)20(12-17)29-6/h8-9,12,15-16,28H,7,10-11,13-14H2,1-6H3,(H,23,24). The number of guanidine groups is 1. The number of hydrogen-bond acceptors (Lipinski definition) is 5. The van der Waals surface area contributed by atoms with Crippen LogP contribution in [0.1, 0.15) is 43.5 Å². The molecule has 1 aromatic carbocycles. The Balaban J connectivity index is 2.15. The van der Waals surface area contributed by atoms with Gasteiger partial charge in [0, 0.05) is 38.9 Å². The fraction of sp³-hybridized carbons (Fsp3) is 0.545. The summed E-state index contributed by atoms with van der Waals surface area (Å²) in [5.41, 5.74) is 3.33. The Morgan fingerprint density at radius 1 is 1.33 bits per heavy atom. The maximum absolute atomic E-state index is 8.95. The van der Waals surface area contributed by atoms with Crippen LogP contribution in [-0.4, -0.2) is 59.7 Å². The molecule has 0 aliphatic heterocycles. The molecule has 1 heterocycles. The van der Waals surface area contributed by atoms with Gasteiger partial charge in [-0.25, -0.2) is 4.99 Å². The lowest BCUT2D eigenvalue weighted by molar-refractivity contribution is 0.196. The van der Waals surface area contributed by atoms with Gasteiger partial charge in [-0.1, -0.05) is 19.9 Å². The van der Waals surface area contributed by atoms with Crippen molar-refractivity contribution < 1.29 is 14.6 Å². The molecule has 30 heavy (non-hydrogen) atoms. The third-order valence-electron chi connectivity index (χ3n) is 4.58. The normalized spacial score (nSPS) is 11.7. The van der Waals surface area contributed by atoms with Gasteiger partial charge in [-0.2, -0.15) is 5.10 Å². The summed E-state index contributed by atoms with van der Waals surface area (Å²) < 4.78 is 12.8. The van der Waals surface area contributed by atoms with E-state index in [1.807, 2.05) is 37.0 Å². The van der Waals surface area contributed by atoms with E-state index >= 15 is 0 Å². The van der Waals surface area contributed by atoms with Crippen molar-refractivity contribution in [2.24, 2.45) is 12.0 Å². The van der Waals surface area contributed by atoms with Crippen LogP contribution in [-0.2, 0) is 20.1 Å². The lowest BCUT2D eigenvalue weighted by atomic mass is 10.1. The molecule has 0 aliphatic carbocycles. The van der Waals surface area contributed by atoms with Crippen LogP contribution >= 0.6 is 0 Å². The number of aryl methyl sites for hydroxylation is 1. The van der Waals surface area contributed by atoms with Gasteiger partial charge >= 0.3 is 0 Å². The second-order valence-electron chi connectivity index (χ2n) is 7.45. The molecular formula is C22H35N5O3. The first-order valence-corrected chi connectivity index (χ1v) is 10.3. The maximum atomic E-state index is 8.95. The lowest BCUT2D eigenvalue weighted by Gasteiger charge is -2.22. The number of rotatable bonds is 10. The first kappa shape index (κ1) is 23.5. The molecule has 166 valence electrons. The van der Waals surface area contributed by atoms with Crippen molar-refractivity contribution in [3.05, 3.63) is 41.2 Å². The second-order valence-corrected chi connectivity index (χ2v) is 7.45. The summed E-state index contributed by atoms with van der Waals surface area (Å²) in [5, 5.41) is 16.9. The van der Waals surface area contributed by atoms with Gasteiger partial charge in [0.1, 0.15) is 6.61 Å². The minimum atomic E-state index is -0.0387. The molecule has 0 aliphatic rings. The molecule has 0 amide bonds. The van der Waals surface area contributed by atoms with E-state index in [2.05, 4.69) is 42.3 Å². The predicted molar refractivity (Wildman–Crippen MR) is 119 cm³/mol. The largest absolute Gasteiger partial charge is 0.493 e. The highest BCUT2D eigenvalue weighted by molar-refractivity contribution is 5.79. The Morgan fingerprint density at radius 2 is 2.10 bits per heavy atom. The molecular weight excluding hydrogens is 382 g/mol. The van der Waals surface area contributed by atoms with Crippen LogP contribution < -0.4 is 14.8 Å². The van der Waals surface area contributed by atoms with E-state index in [1.165, 1.54) is 5.56 Å². The third kappa shape index (κ3) is 6.38. The smallest absolute Gasteiger partial charge is 0.194 e. The van der Waals surface area contributed by atoms with E-state index in [0.29, 0.717) is 24.0 Å². The van der Waals surface area contributed by atoms with Crippen molar-refractivity contribution >= 4 is 5.96 Å². The molecule has 0 saturated heterocycles. The monoisotopic (exact) mass is 417 g/mol. The second kappa shape index (κ2) is 11.4. The third-order valence-corrected chi connectivity index (χ3v) is 4.58. The number of aliphatic hydroxyl groups excluding tert-OH is 1. The number of hydrogen-bond donors (Lipinski definition) is 2. The average molecular weight is 418 g/mol. The molecule has 0 radical (unpaired) electrons. The fourth-order valence-electron chi connectivity index (χ4n) is 3.21. The first-order chi connectivity index (χ1) is 14.4. The molecule has 0 saturated carbocycles. The Kier molecular flexibility index (Phi) is 8.98. The highest BCUT2D eigenvalue weighted by Crippen LogP contribution is 2.28. The van der Waals surface area contributed by atoms with Crippen LogP contribution in [0.2, 0.25) is 0 Å². The number of methoxy groups -OCH3 is 1. The Hall–Kier alpha value is -2.74. The number of benzene rings is 1. The van der Waals surface area contributed by atoms with E-state index in [9.17, 15) is 0 Å². The van der Waals surface area contributed by atoms with Crippen molar-refractivity contribution in [3.8, 4) is 11.5 Å². The minimum Gasteiger partial charge on any atom is -0.493 e. The summed E-state index contributed by atoms with van der Waals surface area (Å²) in [6.45, 7) is 8.59. The summed E-state index contributed by atoms with van der Waals surface area (Å²) in [6.07, 6.45) is 2.07. The number of nitrogens with zero attached hydrogens (tertiary/aromatic N) is 4. The predicted octanol–water partition coefficient (Wildman–Crippen LogP) is 2.52. The maximum Gasteiger partial charge on any atom is 0.194 e. The molecule has 0 spiro atoms. The van der Waals surface area contributed by atoms with Gasteiger partial charge < -0.3 is 24.8 Å². The zero-order chi connectivity index (χ0) is 22.1. The lowest BCUT2D eigenvalue weighted by Crippen LogP contribution is -2.38. The van der Waals surface area contributed by atoms with Crippen molar-refractivity contribution in [3.63, 3.8) is 0 Å². The minimum absolute atomic E-state index is 0.0387. The van der Waals surface area contributed by atoms with E-state index in [0.717, 1.165) is 30.3 Å². The van der Waals surface area contributed by atoms with Crippen LogP contribution in [0.5, 0.6) is 11.5 Å². The van der Waals surface area contributed by atoms with Crippen LogP contribution in [0, 0.1) is 0 Å². The van der Waals surface area contributed by atoms with Gasteiger partial charge in [0.25, 0.3) is 0 Å². The van der Waals surface area contributed by atoms with Crippen LogP contribution in [0.25, 0.3) is 0 Å². The Morgan fingerprint density at radius 3 is 2.73 bits per heavy atom. The summed E-state index contributed by atoms with van der Waals surface area (Å²) in [7, 11) is 5.59. The molecule has 0 fully saturated rings. The highest BCUT2D eigenvalue weighted by Gasteiger charge is 2.15. The van der Waals surface area contributed by atoms with E-state index in [-0.39, 0.29) is 13.2 Å². The molecule has 8 nitrogen and oxygen atoms in total. The quantitative estimate of drug-likeness (QED) is 0.457. The van der Waals surface area contributed by atoms with Gasteiger partial charge in [-0.05, 0) is 30.5 Å². The molecule has 0 unspecified atom stereocenters. The summed E-state index contributed by atoms with van der Waals surface area (Å²) in [4.78, 5) is 6.91. The number of ether oxygens (including phenoxy) is 2. The number of aliphatic imine (C=N–C) groups is 1. The number of aliphatic hydroxyl groups is 1. The van der Waals surface area contributed by atoms with Gasteiger partial charge in [0.15, 0.2) is 17.5 Å². The zero-order valence-electron chi connectivity index (χ0n) is 19.0. The summed E-state index contributed by atoms with van der Waals surface area (Å²) in [6, 6.07) is 5.72. The van der Waals surface area contributed by atoms with Crippen molar-refractivity contribution in [1.29, 1.82) is 0 Å². The van der Waals surface area contributed by atoms with Gasteiger partial charge in [-0.3, -0.25) is 4.68 Å². The van der Waals surface area contributed by atoms with Crippen molar-refractivity contribution in [2.45, 2.75) is 39.8 Å². The number of aromatic nitrogens is 2. The fourth-order valence-corrected chi connectivity index (χ4v) is 3.21. The molecule has 2 N–H and O–H groups in total. The van der Waals surface area contributed by atoms with Crippen LogP contribution in [0.3, 0.4) is 0 Å². The van der Waals surface area contributed by atoms with Crippen molar-refractivity contribution in [2.75, 3.05) is 33.9 Å². The summed E-state index contributed by atoms with van der Waals surface area (Å²) in [5.74, 6) is 2.44. The molecule has 2 aromatic rings. The topological polar surface area (TPSA) is 84.1 Å². The van der Waals surface area contributed by atoms with Crippen LogP contribution in [0.15, 0.2) is 29.4 Å². The SMILES string of the molecule is CCNC(=NCc1ccc(OCCO)c(OC)c1)N(C)Cc1cn(C)nc1C(C)C. The highest BCUT2D eigenvalue weighted by atomic mass is 16.5. The van der Waals surface area contributed by atoms with E-state index in [1.54, 1.807) is 7.11 Å². The zero-order valence-corrected chi connectivity index (χ0v) is 19.0. The van der Waals surface area contributed by atoms with Gasteiger partial charge in [0.05, 0.1) is 26.0 Å². The molecule has 0 bridgehead atoms. The summed E-state index contributed by atoms with van der Waals surface area (Å²) >= 11 is 0. The molecule has 1 aromatic heterocycles. The van der Waals surface area contributed by atoms with Gasteiger partial charge in [-0.15, -0.1) is 0 Å². The van der Waals surface area contributed by atoms with E-state index in [4.69, 9.17) is 19.6 Å². The van der Waals surface area contributed by atoms with Crippen LogP contribution in [0.4, 0.5) is 0 Å². The molecule has 2 rings (SSSR count). The van der Waals surface area contributed by atoms with Crippen molar-refractivity contribution in [1.82, 2.24) is 20.0 Å². The average Bonchev–Trinajstić information content (AvgIpc) is 3.09. The molecule has 0 atom stereocenters. The molecule has 8 heteroatoms. The van der Waals surface area contributed by atoms with E-state index < -0.39 is 0 Å². The van der Waals surface area contributed by atoms with Gasteiger partial charge in [0.2, 0.25) is 0 Å². The first-order valence-electron chi connectivity index (χ1n) is 10.3. The Bertz CT molecular complexity index is 832. The number of nitrogens with one attached hydrogen (secondary N) is 1. The Labute approximate surface area is 179 Å².